The number of thioether (sulfide) groups is 1. The van der Waals surface area contributed by atoms with Crippen LogP contribution in [0.4, 0.5) is 11.4 Å². The maximum atomic E-state index is 12.9. The van der Waals surface area contributed by atoms with Gasteiger partial charge in [-0.15, -0.1) is 16.8 Å². The predicted octanol–water partition coefficient (Wildman–Crippen LogP) is 5.19. The molecule has 1 heterocycles. The van der Waals surface area contributed by atoms with E-state index in [1.807, 2.05) is 39.0 Å². The predicted molar refractivity (Wildman–Crippen MR) is 144 cm³/mol. The fourth-order valence-corrected chi connectivity index (χ4v) is 4.44. The molecule has 37 heavy (non-hydrogen) atoms. The minimum atomic E-state index is -0.567. The molecule has 0 saturated carbocycles. The van der Waals surface area contributed by atoms with E-state index in [0.717, 1.165) is 17.3 Å². The molecular formula is C25H27ClN6O4S. The number of hydrogen-bond donors (Lipinski definition) is 2. The van der Waals surface area contributed by atoms with E-state index < -0.39 is 16.9 Å². The van der Waals surface area contributed by atoms with Crippen molar-refractivity contribution in [2.24, 2.45) is 5.92 Å². The van der Waals surface area contributed by atoms with Crippen molar-refractivity contribution >= 4 is 46.6 Å². The lowest BCUT2D eigenvalue weighted by Gasteiger charge is -2.22. The van der Waals surface area contributed by atoms with Gasteiger partial charge in [0.05, 0.1) is 27.4 Å². The molecule has 2 N–H and O–H groups in total. The molecule has 1 atom stereocenters. The molecule has 2 aromatic carbocycles. The second-order valence-electron chi connectivity index (χ2n) is 8.56. The van der Waals surface area contributed by atoms with Gasteiger partial charge in [0.15, 0.2) is 11.0 Å². The summed E-state index contributed by atoms with van der Waals surface area (Å²) >= 11 is 7.21. The van der Waals surface area contributed by atoms with Crippen LogP contribution in [0.5, 0.6) is 0 Å². The Hall–Kier alpha value is -3.70. The van der Waals surface area contributed by atoms with Gasteiger partial charge >= 0.3 is 0 Å². The molecular weight excluding hydrogens is 516 g/mol. The van der Waals surface area contributed by atoms with Crippen LogP contribution in [0.2, 0.25) is 5.02 Å². The van der Waals surface area contributed by atoms with Crippen molar-refractivity contribution < 1.29 is 14.5 Å². The van der Waals surface area contributed by atoms with Crippen LogP contribution in [-0.4, -0.2) is 37.3 Å². The summed E-state index contributed by atoms with van der Waals surface area (Å²) in [4.78, 5) is 36.0. The van der Waals surface area contributed by atoms with Crippen molar-refractivity contribution in [1.29, 1.82) is 0 Å². The first-order valence-corrected chi connectivity index (χ1v) is 12.7. The largest absolute Gasteiger partial charge is 0.342 e. The molecule has 3 aromatic rings. The monoisotopic (exact) mass is 542 g/mol. The third-order valence-electron chi connectivity index (χ3n) is 5.34. The molecule has 0 fully saturated rings. The number of rotatable bonds is 11. The zero-order chi connectivity index (χ0) is 27.1. The van der Waals surface area contributed by atoms with Gasteiger partial charge in [-0.3, -0.25) is 19.7 Å². The average molecular weight is 543 g/mol. The quantitative estimate of drug-likeness (QED) is 0.147. The maximum Gasteiger partial charge on any atom is 0.271 e. The summed E-state index contributed by atoms with van der Waals surface area (Å²) in [6, 6.07) is 10.7. The molecule has 1 aromatic heterocycles. The van der Waals surface area contributed by atoms with Gasteiger partial charge in [0.2, 0.25) is 5.91 Å². The number of nitrogens with one attached hydrogen (secondary N) is 2. The van der Waals surface area contributed by atoms with Crippen LogP contribution >= 0.6 is 23.4 Å². The van der Waals surface area contributed by atoms with Gasteiger partial charge in [-0.25, -0.2) is 0 Å². The molecule has 0 aliphatic rings. The Kier molecular flexibility index (Phi) is 9.42. The molecule has 0 saturated heterocycles. The highest BCUT2D eigenvalue weighted by Crippen LogP contribution is 2.28. The summed E-state index contributed by atoms with van der Waals surface area (Å²) in [6.07, 6.45) is 1.68. The molecule has 10 nitrogen and oxygen atoms in total. The standard InChI is InChI=1S/C25H27ClN6O4S/c1-5-11-31-23(22(15(2)3)28-24(34)17-8-6-7-16(4)12-17)29-30-25(31)37-14-21(33)27-20-13-18(32(35)36)9-10-19(20)26/h5-10,12-13,15,22H,1,11,14H2,2-4H3,(H,27,33)(H,28,34)/t22-/m0/s1. The normalized spacial score (nSPS) is 11.7. The van der Waals surface area contributed by atoms with Crippen LogP contribution in [0.3, 0.4) is 0 Å². The molecule has 0 aliphatic heterocycles. The second kappa shape index (κ2) is 12.5. The van der Waals surface area contributed by atoms with Crippen molar-refractivity contribution in [1.82, 2.24) is 20.1 Å². The first kappa shape index (κ1) is 27.9. The SMILES string of the molecule is C=CCn1c(SCC(=O)Nc2cc([N+](=O)[O-])ccc2Cl)nnc1[C@@H](NC(=O)c1cccc(C)c1)C(C)C. The van der Waals surface area contributed by atoms with Crippen molar-refractivity contribution in [3.8, 4) is 0 Å². The Balaban J connectivity index is 1.76. The van der Waals surface area contributed by atoms with Crippen LogP contribution in [-0.2, 0) is 11.3 Å². The maximum absolute atomic E-state index is 12.9. The first-order chi connectivity index (χ1) is 17.6. The van der Waals surface area contributed by atoms with Crippen LogP contribution in [0.25, 0.3) is 0 Å². The van der Waals surface area contributed by atoms with Crippen LogP contribution in [0.1, 0.15) is 41.6 Å². The number of carbonyl (C=O) groups excluding carboxylic acids is 2. The highest BCUT2D eigenvalue weighted by molar-refractivity contribution is 7.99. The molecule has 0 spiro atoms. The van der Waals surface area contributed by atoms with Crippen molar-refractivity contribution in [2.45, 2.75) is 38.5 Å². The highest BCUT2D eigenvalue weighted by Gasteiger charge is 2.26. The lowest BCUT2D eigenvalue weighted by Crippen LogP contribution is -2.34. The van der Waals surface area contributed by atoms with E-state index in [1.165, 1.54) is 18.2 Å². The number of carbonyl (C=O) groups is 2. The minimum absolute atomic E-state index is 0.00122. The van der Waals surface area contributed by atoms with E-state index in [0.29, 0.717) is 23.1 Å². The smallest absolute Gasteiger partial charge is 0.271 e. The number of nitrogens with zero attached hydrogens (tertiary/aromatic N) is 4. The van der Waals surface area contributed by atoms with E-state index >= 15 is 0 Å². The number of aromatic nitrogens is 3. The van der Waals surface area contributed by atoms with Gasteiger partial charge in [0.25, 0.3) is 11.6 Å². The summed E-state index contributed by atoms with van der Waals surface area (Å²) in [5.74, 6) is -0.150. The van der Waals surface area contributed by atoms with Crippen molar-refractivity contribution in [3.05, 3.63) is 87.2 Å². The van der Waals surface area contributed by atoms with E-state index in [1.54, 1.807) is 16.7 Å². The van der Waals surface area contributed by atoms with Crippen LogP contribution < -0.4 is 10.6 Å². The number of halogens is 1. The van der Waals surface area contributed by atoms with E-state index in [9.17, 15) is 19.7 Å². The number of allylic oxidation sites excluding steroid dienone is 1. The fourth-order valence-electron chi connectivity index (χ4n) is 3.52. The Morgan fingerprint density at radius 2 is 2.00 bits per heavy atom. The Morgan fingerprint density at radius 3 is 2.65 bits per heavy atom. The minimum Gasteiger partial charge on any atom is -0.342 e. The zero-order valence-corrected chi connectivity index (χ0v) is 22.2. The van der Waals surface area contributed by atoms with Gasteiger partial charge in [-0.05, 0) is 31.0 Å². The molecule has 0 unspecified atom stereocenters. The molecule has 3 rings (SSSR count). The highest BCUT2D eigenvalue weighted by atomic mass is 35.5. The molecule has 12 heteroatoms. The van der Waals surface area contributed by atoms with Gasteiger partial charge < -0.3 is 15.2 Å². The molecule has 0 bridgehead atoms. The summed E-state index contributed by atoms with van der Waals surface area (Å²) < 4.78 is 1.80. The molecule has 0 aliphatic carbocycles. The van der Waals surface area contributed by atoms with Gasteiger partial charge in [0.1, 0.15) is 0 Å². The Morgan fingerprint density at radius 1 is 1.24 bits per heavy atom. The third kappa shape index (κ3) is 7.17. The summed E-state index contributed by atoms with van der Waals surface area (Å²) in [6.45, 7) is 10.0. The number of nitro benzene ring substituents is 1. The molecule has 0 radical (unpaired) electrons. The Bertz CT molecular complexity index is 1330. The molecule has 194 valence electrons. The van der Waals surface area contributed by atoms with E-state index in [2.05, 4.69) is 27.4 Å². The van der Waals surface area contributed by atoms with Gasteiger partial charge in [-0.1, -0.05) is 61.0 Å². The Labute approximate surface area is 223 Å². The summed E-state index contributed by atoms with van der Waals surface area (Å²) in [5, 5.41) is 25.9. The zero-order valence-electron chi connectivity index (χ0n) is 20.6. The number of amides is 2. The van der Waals surface area contributed by atoms with Crippen LogP contribution in [0, 0.1) is 23.0 Å². The number of anilines is 1. The lowest BCUT2D eigenvalue weighted by atomic mass is 10.0. The fraction of sp³-hybridized carbons (Fsp3) is 0.280. The second-order valence-corrected chi connectivity index (χ2v) is 9.91. The van der Waals surface area contributed by atoms with Crippen LogP contribution in [0.15, 0.2) is 60.3 Å². The number of non-ortho nitro benzene ring substituents is 1. The van der Waals surface area contributed by atoms with Crippen molar-refractivity contribution in [3.63, 3.8) is 0 Å². The topological polar surface area (TPSA) is 132 Å². The first-order valence-electron chi connectivity index (χ1n) is 11.4. The number of benzene rings is 2. The number of nitro groups is 1. The number of aryl methyl sites for hydroxylation is 1. The third-order valence-corrected chi connectivity index (χ3v) is 6.63. The summed E-state index contributed by atoms with van der Waals surface area (Å²) in [5.41, 5.74) is 1.49. The van der Waals surface area contributed by atoms with E-state index in [-0.39, 0.29) is 34.0 Å². The van der Waals surface area contributed by atoms with Gasteiger partial charge in [0, 0.05) is 24.2 Å². The average Bonchev–Trinajstić information content (AvgIpc) is 3.24. The van der Waals surface area contributed by atoms with E-state index in [4.69, 9.17) is 11.6 Å². The molecule has 2 amide bonds. The lowest BCUT2D eigenvalue weighted by molar-refractivity contribution is -0.384. The number of hydrogen-bond acceptors (Lipinski definition) is 7. The van der Waals surface area contributed by atoms with Crippen molar-refractivity contribution in [2.75, 3.05) is 11.1 Å². The summed E-state index contributed by atoms with van der Waals surface area (Å²) in [7, 11) is 0. The van der Waals surface area contributed by atoms with Gasteiger partial charge in [-0.2, -0.15) is 0 Å².